The first kappa shape index (κ1) is 9.17. The van der Waals surface area contributed by atoms with Gasteiger partial charge in [0.1, 0.15) is 0 Å². The first-order chi connectivity index (χ1) is 4.68. The number of rotatable bonds is 5. The van der Waals surface area contributed by atoms with Gasteiger partial charge in [0.05, 0.1) is 6.61 Å². The Morgan fingerprint density at radius 3 is 2.70 bits per heavy atom. The summed E-state index contributed by atoms with van der Waals surface area (Å²) in [6.07, 6.45) is 0.534. The van der Waals surface area contributed by atoms with E-state index in [4.69, 9.17) is 9.84 Å². The monoisotopic (exact) mass is 144 g/mol. The molecule has 0 aromatic carbocycles. The quantitative estimate of drug-likeness (QED) is 0.347. The van der Waals surface area contributed by atoms with Gasteiger partial charge in [-0.15, -0.1) is 0 Å². The molecule has 0 radical (unpaired) electrons. The maximum absolute atomic E-state index is 10.5. The van der Waals surface area contributed by atoms with E-state index in [-0.39, 0.29) is 18.1 Å². The van der Waals surface area contributed by atoms with Crippen LogP contribution in [0, 0.1) is 0 Å². The number of ether oxygens (including phenoxy) is 1. The van der Waals surface area contributed by atoms with Crippen LogP contribution in [-0.2, 0) is 9.53 Å². The van der Waals surface area contributed by atoms with Crippen LogP contribution >= 0.6 is 0 Å². The minimum atomic E-state index is -0.169. The van der Waals surface area contributed by atoms with E-state index in [1.165, 1.54) is 6.92 Å². The normalized spacial score (nSPS) is 9.00. The first-order valence-corrected chi connectivity index (χ1v) is 3.12. The van der Waals surface area contributed by atoms with Crippen LogP contribution < -0.4 is 0 Å². The van der Waals surface area contributed by atoms with Gasteiger partial charge in [-0.1, -0.05) is 6.58 Å². The number of carbonyl (C=O) groups excluding carboxylic acids is 1. The summed E-state index contributed by atoms with van der Waals surface area (Å²) in [5.41, 5.74) is 0. The molecule has 0 aromatic rings. The fourth-order valence-corrected chi connectivity index (χ4v) is 0.362. The summed E-state index contributed by atoms with van der Waals surface area (Å²) in [6.45, 7) is 5.19. The summed E-state index contributed by atoms with van der Waals surface area (Å²) in [5, 5.41) is 8.32. The van der Waals surface area contributed by atoms with E-state index in [2.05, 4.69) is 6.58 Å². The maximum atomic E-state index is 10.5. The smallest absolute Gasteiger partial charge is 0.193 e. The highest BCUT2D eigenvalue weighted by atomic mass is 16.5. The zero-order valence-electron chi connectivity index (χ0n) is 6.09. The second kappa shape index (κ2) is 4.99. The minimum absolute atomic E-state index is 0.0746. The van der Waals surface area contributed by atoms with Gasteiger partial charge in [0.2, 0.25) is 0 Å². The third-order valence-electron chi connectivity index (χ3n) is 0.971. The maximum Gasteiger partial charge on any atom is 0.193 e. The molecule has 0 saturated carbocycles. The molecule has 0 aliphatic heterocycles. The molecule has 0 atom stereocenters. The second-order valence-electron chi connectivity index (χ2n) is 1.90. The van der Waals surface area contributed by atoms with E-state index < -0.39 is 0 Å². The molecule has 0 unspecified atom stereocenters. The zero-order chi connectivity index (χ0) is 7.98. The number of Topliss-reactive ketones (excluding diaryl/α,β-unsaturated/α-hetero) is 1. The number of hydrogen-bond donors (Lipinski definition) is 1. The summed E-state index contributed by atoms with van der Waals surface area (Å²) in [7, 11) is 0. The lowest BCUT2D eigenvalue weighted by molar-refractivity contribution is -0.116. The van der Waals surface area contributed by atoms with Crippen LogP contribution in [0.25, 0.3) is 0 Å². The van der Waals surface area contributed by atoms with Crippen molar-refractivity contribution >= 4 is 5.78 Å². The van der Waals surface area contributed by atoms with Crippen LogP contribution in [0.1, 0.15) is 13.3 Å². The molecule has 0 aromatic heterocycles. The number of aliphatic hydroxyl groups excluding tert-OH is 1. The van der Waals surface area contributed by atoms with Crippen molar-refractivity contribution in [3.63, 3.8) is 0 Å². The number of carbonyl (C=O) groups is 1. The topological polar surface area (TPSA) is 46.5 Å². The minimum Gasteiger partial charge on any atom is -0.490 e. The van der Waals surface area contributed by atoms with Gasteiger partial charge in [-0.2, -0.15) is 0 Å². The summed E-state index contributed by atoms with van der Waals surface area (Å²) < 4.78 is 4.84. The molecule has 0 spiro atoms. The van der Waals surface area contributed by atoms with Crippen molar-refractivity contribution in [3.05, 3.63) is 12.3 Å². The Balaban J connectivity index is 3.31. The highest BCUT2D eigenvalue weighted by Gasteiger charge is 1.98. The number of hydrogen-bond acceptors (Lipinski definition) is 3. The molecule has 0 heterocycles. The summed E-state index contributed by atoms with van der Waals surface area (Å²) in [5.74, 6) is -0.00797. The lowest BCUT2D eigenvalue weighted by Crippen LogP contribution is -2.02. The SMILES string of the molecule is C=C(OCCCO)C(C)=O. The predicted molar refractivity (Wildman–Crippen MR) is 37.5 cm³/mol. The van der Waals surface area contributed by atoms with Crippen LogP contribution in [0.15, 0.2) is 12.3 Å². The molecule has 0 aliphatic carbocycles. The molecule has 0 fully saturated rings. The predicted octanol–water partition coefficient (Wildman–Crippen LogP) is 0.488. The summed E-state index contributed by atoms with van der Waals surface area (Å²) in [4.78, 5) is 10.5. The Bertz CT molecular complexity index is 129. The van der Waals surface area contributed by atoms with Gasteiger partial charge in [-0.3, -0.25) is 4.79 Å². The van der Waals surface area contributed by atoms with Crippen LogP contribution in [0.5, 0.6) is 0 Å². The first-order valence-electron chi connectivity index (χ1n) is 3.12. The number of ketones is 1. The van der Waals surface area contributed by atoms with Crippen molar-refractivity contribution < 1.29 is 14.6 Å². The van der Waals surface area contributed by atoms with Crippen molar-refractivity contribution in [1.82, 2.24) is 0 Å². The molecule has 0 rings (SSSR count). The third kappa shape index (κ3) is 4.09. The highest BCUT2D eigenvalue weighted by molar-refractivity contribution is 5.90. The summed E-state index contributed by atoms with van der Waals surface area (Å²) >= 11 is 0. The number of allylic oxidation sites excluding steroid dienone is 1. The average molecular weight is 144 g/mol. The van der Waals surface area contributed by atoms with Crippen LogP contribution in [0.4, 0.5) is 0 Å². The largest absolute Gasteiger partial charge is 0.490 e. The third-order valence-corrected chi connectivity index (χ3v) is 0.971. The molecule has 3 heteroatoms. The van der Waals surface area contributed by atoms with Crippen molar-refractivity contribution in [2.24, 2.45) is 0 Å². The van der Waals surface area contributed by atoms with E-state index in [0.29, 0.717) is 13.0 Å². The van der Waals surface area contributed by atoms with Gasteiger partial charge in [-0.05, 0) is 0 Å². The Morgan fingerprint density at radius 1 is 1.70 bits per heavy atom. The molecule has 0 bridgehead atoms. The van der Waals surface area contributed by atoms with Gasteiger partial charge in [0.15, 0.2) is 11.5 Å². The molecular weight excluding hydrogens is 132 g/mol. The van der Waals surface area contributed by atoms with Crippen molar-refractivity contribution in [3.8, 4) is 0 Å². The lowest BCUT2D eigenvalue weighted by Gasteiger charge is -2.03. The van der Waals surface area contributed by atoms with Crippen LogP contribution in [-0.4, -0.2) is 24.1 Å². The fraction of sp³-hybridized carbons (Fsp3) is 0.571. The van der Waals surface area contributed by atoms with Gasteiger partial charge < -0.3 is 9.84 Å². The van der Waals surface area contributed by atoms with Crippen molar-refractivity contribution in [1.29, 1.82) is 0 Å². The zero-order valence-corrected chi connectivity index (χ0v) is 6.09. The molecule has 58 valence electrons. The van der Waals surface area contributed by atoms with E-state index in [1.54, 1.807) is 0 Å². The number of aliphatic hydroxyl groups is 1. The van der Waals surface area contributed by atoms with Gasteiger partial charge in [0, 0.05) is 20.0 Å². The summed E-state index contributed by atoms with van der Waals surface area (Å²) in [6, 6.07) is 0. The van der Waals surface area contributed by atoms with Gasteiger partial charge >= 0.3 is 0 Å². The molecule has 10 heavy (non-hydrogen) atoms. The lowest BCUT2D eigenvalue weighted by atomic mass is 10.4. The average Bonchev–Trinajstić information content (AvgIpc) is 1.88. The highest BCUT2D eigenvalue weighted by Crippen LogP contribution is 1.94. The molecular formula is C7H12O3. The van der Waals surface area contributed by atoms with E-state index >= 15 is 0 Å². The molecule has 0 amide bonds. The Morgan fingerprint density at radius 2 is 2.30 bits per heavy atom. The van der Waals surface area contributed by atoms with E-state index in [1.807, 2.05) is 0 Å². The second-order valence-corrected chi connectivity index (χ2v) is 1.90. The van der Waals surface area contributed by atoms with Gasteiger partial charge in [0.25, 0.3) is 0 Å². The molecule has 0 aliphatic rings. The van der Waals surface area contributed by atoms with Crippen molar-refractivity contribution in [2.45, 2.75) is 13.3 Å². The van der Waals surface area contributed by atoms with Crippen LogP contribution in [0.3, 0.4) is 0 Å². The van der Waals surface area contributed by atoms with Crippen molar-refractivity contribution in [2.75, 3.05) is 13.2 Å². The van der Waals surface area contributed by atoms with E-state index in [0.717, 1.165) is 0 Å². The van der Waals surface area contributed by atoms with Crippen LogP contribution in [0.2, 0.25) is 0 Å². The standard InChI is InChI=1S/C7H12O3/c1-6(9)7(2)10-5-3-4-8/h8H,2-5H2,1H3. The Labute approximate surface area is 60.3 Å². The Kier molecular flexibility index (Phi) is 4.58. The molecule has 0 saturated heterocycles. The molecule has 1 N–H and O–H groups in total. The van der Waals surface area contributed by atoms with E-state index in [9.17, 15) is 4.79 Å². The molecule has 3 nitrogen and oxygen atoms in total. The van der Waals surface area contributed by atoms with Gasteiger partial charge in [-0.25, -0.2) is 0 Å². The Hall–Kier alpha value is -0.830. The fourth-order valence-electron chi connectivity index (χ4n) is 0.362.